The van der Waals surface area contributed by atoms with E-state index in [1.165, 1.54) is 35.8 Å². The zero-order valence-electron chi connectivity index (χ0n) is 15.2. The predicted molar refractivity (Wildman–Crippen MR) is 98.0 cm³/mol. The molecule has 7 nitrogen and oxygen atoms in total. The molecule has 0 bridgehead atoms. The Morgan fingerprint density at radius 2 is 2.04 bits per heavy atom. The van der Waals surface area contributed by atoms with Gasteiger partial charge in [-0.1, -0.05) is 0 Å². The molecule has 1 aliphatic heterocycles. The number of nitrogen functional groups attached to an aromatic ring is 1. The monoisotopic (exact) mass is 376 g/mol. The Morgan fingerprint density at radius 3 is 2.67 bits per heavy atom. The van der Waals surface area contributed by atoms with Crippen LogP contribution in [0.2, 0.25) is 0 Å². The van der Waals surface area contributed by atoms with Crippen LogP contribution in [0.4, 0.5) is 14.7 Å². The minimum atomic E-state index is -0.487. The summed E-state index contributed by atoms with van der Waals surface area (Å²) < 4.78 is 28.3. The summed E-state index contributed by atoms with van der Waals surface area (Å²) in [7, 11) is 2.04. The molecule has 1 aliphatic rings. The molecule has 9 heteroatoms. The van der Waals surface area contributed by atoms with Gasteiger partial charge >= 0.3 is 0 Å². The average molecular weight is 376 g/mol. The van der Waals surface area contributed by atoms with Crippen LogP contribution in [0.3, 0.4) is 0 Å². The van der Waals surface area contributed by atoms with Gasteiger partial charge in [-0.05, 0) is 45.5 Å². The molecule has 3 N–H and O–H groups in total. The molecule has 0 radical (unpaired) electrons. The van der Waals surface area contributed by atoms with E-state index >= 15 is 0 Å². The van der Waals surface area contributed by atoms with Crippen LogP contribution in [-0.4, -0.2) is 55.8 Å². The highest BCUT2D eigenvalue weighted by molar-refractivity contribution is 5.64. The maximum Gasteiger partial charge on any atom is 0.238 e. The third-order valence-electron chi connectivity index (χ3n) is 4.37. The molecule has 27 heavy (non-hydrogen) atoms. The lowest BCUT2D eigenvalue weighted by Gasteiger charge is -2.25. The lowest BCUT2D eigenvalue weighted by molar-refractivity contribution is 0.0846. The van der Waals surface area contributed by atoms with E-state index in [0.29, 0.717) is 11.4 Å². The largest absolute Gasteiger partial charge is 0.392 e. The van der Waals surface area contributed by atoms with Gasteiger partial charge in [-0.25, -0.2) is 23.3 Å². The number of nitrogens with two attached hydrogens (primary N) is 1. The van der Waals surface area contributed by atoms with E-state index in [9.17, 15) is 8.78 Å². The maximum absolute atomic E-state index is 13.8. The molecule has 1 unspecified atom stereocenters. The van der Waals surface area contributed by atoms with E-state index < -0.39 is 11.6 Å². The second kappa shape index (κ2) is 7.93. The number of β-amino-alcohol motifs (C(OH)–C–C–N with tert-alkyl or cyclic N) is 1. The highest BCUT2D eigenvalue weighted by Crippen LogP contribution is 2.23. The van der Waals surface area contributed by atoms with E-state index in [1.807, 2.05) is 7.05 Å². The van der Waals surface area contributed by atoms with Crippen LogP contribution in [0.5, 0.6) is 0 Å². The molecule has 4 rings (SSSR count). The number of fused-ring (bicyclic) bond motifs is 1. The number of nitrogens with zero attached hydrogens (tertiary/aromatic N) is 5. The van der Waals surface area contributed by atoms with Crippen molar-refractivity contribution in [3.8, 4) is 11.4 Å². The predicted octanol–water partition coefficient (Wildman–Crippen LogP) is 2.03. The zero-order chi connectivity index (χ0) is 19.6. The van der Waals surface area contributed by atoms with Gasteiger partial charge in [0.1, 0.15) is 11.3 Å². The van der Waals surface area contributed by atoms with Crippen molar-refractivity contribution in [2.45, 2.75) is 25.9 Å². The highest BCUT2D eigenvalue weighted by Gasteiger charge is 2.14. The quantitative estimate of drug-likeness (QED) is 0.675. The van der Waals surface area contributed by atoms with Crippen LogP contribution < -0.4 is 5.73 Å². The zero-order valence-corrected chi connectivity index (χ0v) is 15.2. The fourth-order valence-electron chi connectivity index (χ4n) is 2.97. The molecule has 3 aromatic rings. The van der Waals surface area contributed by atoms with Crippen LogP contribution in [-0.2, 0) is 0 Å². The summed E-state index contributed by atoms with van der Waals surface area (Å²) in [6.45, 7) is 3.55. The van der Waals surface area contributed by atoms with Gasteiger partial charge in [0.15, 0.2) is 5.82 Å². The molecular weight excluding hydrogens is 354 g/mol. The minimum Gasteiger partial charge on any atom is -0.392 e. The van der Waals surface area contributed by atoms with Crippen molar-refractivity contribution in [3.63, 3.8) is 0 Å². The number of hydrogen-bond donors (Lipinski definition) is 2. The first-order chi connectivity index (χ1) is 12.8. The minimum absolute atomic E-state index is 0.0168. The number of pyridine rings is 1. The van der Waals surface area contributed by atoms with E-state index in [1.54, 1.807) is 0 Å². The molecule has 0 aromatic carbocycles. The summed E-state index contributed by atoms with van der Waals surface area (Å²) in [5.41, 5.74) is 6.71. The summed E-state index contributed by atoms with van der Waals surface area (Å²) >= 11 is 0. The van der Waals surface area contributed by atoms with Gasteiger partial charge in [0.05, 0.1) is 29.4 Å². The van der Waals surface area contributed by atoms with Crippen molar-refractivity contribution in [1.82, 2.24) is 24.5 Å². The Kier molecular flexibility index (Phi) is 5.62. The molecule has 0 aliphatic carbocycles. The van der Waals surface area contributed by atoms with Crippen molar-refractivity contribution in [1.29, 1.82) is 0 Å². The number of anilines is 1. The van der Waals surface area contributed by atoms with Crippen LogP contribution in [0.15, 0.2) is 24.4 Å². The van der Waals surface area contributed by atoms with Gasteiger partial charge in [-0.2, -0.15) is 0 Å². The van der Waals surface area contributed by atoms with Crippen LogP contribution in [0.25, 0.3) is 16.9 Å². The highest BCUT2D eigenvalue weighted by atomic mass is 19.1. The Morgan fingerprint density at radius 1 is 1.26 bits per heavy atom. The number of likely N-dealkylation sites (tertiary alicyclic amines) is 1. The first-order valence-corrected chi connectivity index (χ1v) is 8.65. The SMILES string of the molecule is CN1CCCC(O)C1.Cc1nc(-c2cc(F)c3cnc(N)nn23)ccc1F. The third-order valence-corrected chi connectivity index (χ3v) is 4.37. The van der Waals surface area contributed by atoms with Crippen LogP contribution >= 0.6 is 0 Å². The number of aliphatic hydroxyl groups excluding tert-OH is 1. The van der Waals surface area contributed by atoms with E-state index in [2.05, 4.69) is 20.0 Å². The summed E-state index contributed by atoms with van der Waals surface area (Å²) in [4.78, 5) is 9.97. The topological polar surface area (TPSA) is 92.6 Å². The molecule has 0 spiro atoms. The molecule has 1 fully saturated rings. The third kappa shape index (κ3) is 4.37. The number of halogens is 2. The summed E-state index contributed by atoms with van der Waals surface area (Å²) in [5, 5.41) is 13.0. The van der Waals surface area contributed by atoms with Gasteiger partial charge in [-0.15, -0.1) is 5.10 Å². The lowest BCUT2D eigenvalue weighted by atomic mass is 10.1. The molecule has 1 atom stereocenters. The standard InChI is InChI=1S/C12H9F2N5.C6H13NO/c1-6-7(13)2-3-9(17-6)10-4-8(14)11-5-16-12(15)18-19(10)11;1-7-4-2-3-6(8)5-7/h2-5H,1H3,(H2,15,18);6,8H,2-5H2,1H3. The van der Waals surface area contributed by atoms with Crippen molar-refractivity contribution in [2.24, 2.45) is 0 Å². The summed E-state index contributed by atoms with van der Waals surface area (Å²) in [6.07, 6.45) is 3.37. The molecule has 1 saturated heterocycles. The molecular formula is C18H22F2N6O. The molecule has 144 valence electrons. The Hall–Kier alpha value is -2.65. The van der Waals surface area contributed by atoms with E-state index in [0.717, 1.165) is 25.9 Å². The second-order valence-electron chi connectivity index (χ2n) is 6.61. The fourth-order valence-corrected chi connectivity index (χ4v) is 2.97. The Labute approximate surface area is 155 Å². The summed E-state index contributed by atoms with van der Waals surface area (Å²) in [5.74, 6) is -0.888. The van der Waals surface area contributed by atoms with Crippen molar-refractivity contribution in [3.05, 3.63) is 41.7 Å². The molecule has 3 aromatic heterocycles. The Bertz CT molecular complexity index is 937. The smallest absolute Gasteiger partial charge is 0.238 e. The van der Waals surface area contributed by atoms with Gasteiger partial charge in [0.25, 0.3) is 0 Å². The lowest BCUT2D eigenvalue weighted by Crippen LogP contribution is -2.34. The van der Waals surface area contributed by atoms with Gasteiger partial charge in [-0.3, -0.25) is 0 Å². The Balaban J connectivity index is 0.000000221. The number of hydrogen-bond acceptors (Lipinski definition) is 6. The maximum atomic E-state index is 13.8. The van der Waals surface area contributed by atoms with Gasteiger partial charge in [0, 0.05) is 12.6 Å². The number of aliphatic hydroxyl groups is 1. The fraction of sp³-hybridized carbons (Fsp3) is 0.389. The second-order valence-corrected chi connectivity index (χ2v) is 6.61. The average Bonchev–Trinajstić information content (AvgIpc) is 2.94. The van der Waals surface area contributed by atoms with Crippen molar-refractivity contribution in [2.75, 3.05) is 25.9 Å². The summed E-state index contributed by atoms with van der Waals surface area (Å²) in [6, 6.07) is 4.00. The van der Waals surface area contributed by atoms with Crippen molar-refractivity contribution < 1.29 is 13.9 Å². The van der Waals surface area contributed by atoms with Crippen LogP contribution in [0.1, 0.15) is 18.5 Å². The van der Waals surface area contributed by atoms with Crippen LogP contribution in [0, 0.1) is 18.6 Å². The molecule has 0 amide bonds. The van der Waals surface area contributed by atoms with E-state index in [-0.39, 0.29) is 23.3 Å². The van der Waals surface area contributed by atoms with Crippen molar-refractivity contribution >= 4 is 11.5 Å². The van der Waals surface area contributed by atoms with Gasteiger partial charge < -0.3 is 15.7 Å². The number of aryl methyl sites for hydroxylation is 1. The molecule has 0 saturated carbocycles. The number of rotatable bonds is 1. The van der Waals surface area contributed by atoms with Gasteiger partial charge in [0.2, 0.25) is 5.95 Å². The number of piperidine rings is 1. The first-order valence-electron chi connectivity index (χ1n) is 8.65. The first kappa shape index (κ1) is 19.1. The number of likely N-dealkylation sites (N-methyl/N-ethyl adjacent to an activating group) is 1. The molecule has 4 heterocycles. The van der Waals surface area contributed by atoms with E-state index in [4.69, 9.17) is 10.8 Å². The number of aromatic nitrogens is 4. The normalized spacial score (nSPS) is 17.6.